The molecule has 0 aliphatic rings. The fourth-order valence-corrected chi connectivity index (χ4v) is 0.649. The number of rotatable bonds is 3. The number of hydrogen-bond donors (Lipinski definition) is 4. The summed E-state index contributed by atoms with van der Waals surface area (Å²) in [4.78, 5) is 3.80. The van der Waals surface area contributed by atoms with Gasteiger partial charge in [-0.15, -0.1) is 5.10 Å². The van der Waals surface area contributed by atoms with Gasteiger partial charge in [0.05, 0.1) is 5.60 Å². The van der Waals surface area contributed by atoms with Crippen molar-refractivity contribution >= 4 is 11.9 Å². The third-order valence-corrected chi connectivity index (χ3v) is 1.18. The van der Waals surface area contributed by atoms with Gasteiger partial charge >= 0.3 is 0 Å². The van der Waals surface area contributed by atoms with E-state index in [-0.39, 0.29) is 5.95 Å². The number of nitrogens with zero attached hydrogens (tertiary/aromatic N) is 2. The van der Waals surface area contributed by atoms with Crippen molar-refractivity contribution in [3.63, 3.8) is 0 Å². The Morgan fingerprint density at radius 1 is 1.67 bits per heavy atom. The number of nitrogens with two attached hydrogens (primary N) is 1. The van der Waals surface area contributed by atoms with Crippen LogP contribution in [-0.4, -0.2) is 32.4 Å². The lowest BCUT2D eigenvalue weighted by Crippen LogP contribution is -2.29. The number of nitrogen functional groups attached to an aromatic ring is 1. The third kappa shape index (κ3) is 2.75. The second-order valence-corrected chi connectivity index (χ2v) is 3.21. The van der Waals surface area contributed by atoms with E-state index in [9.17, 15) is 5.11 Å². The number of nitrogens with one attached hydrogen (secondary N) is 2. The fraction of sp³-hybridized carbons (Fsp3) is 0.667. The van der Waals surface area contributed by atoms with Crippen LogP contribution in [0.25, 0.3) is 0 Å². The van der Waals surface area contributed by atoms with Crippen LogP contribution < -0.4 is 11.1 Å². The van der Waals surface area contributed by atoms with Crippen molar-refractivity contribution in [2.75, 3.05) is 17.6 Å². The van der Waals surface area contributed by atoms with Crippen LogP contribution in [-0.2, 0) is 0 Å². The van der Waals surface area contributed by atoms with Gasteiger partial charge in [0.15, 0.2) is 0 Å². The molecule has 0 saturated heterocycles. The van der Waals surface area contributed by atoms with E-state index in [4.69, 9.17) is 5.73 Å². The summed E-state index contributed by atoms with van der Waals surface area (Å²) >= 11 is 0. The Labute approximate surface area is 70.2 Å². The molecule has 6 nitrogen and oxygen atoms in total. The monoisotopic (exact) mass is 171 g/mol. The van der Waals surface area contributed by atoms with Crippen molar-refractivity contribution in [2.24, 2.45) is 0 Å². The highest BCUT2D eigenvalue weighted by molar-refractivity contribution is 5.29. The van der Waals surface area contributed by atoms with Gasteiger partial charge in [0.1, 0.15) is 0 Å². The second kappa shape index (κ2) is 2.98. The van der Waals surface area contributed by atoms with E-state index in [1.807, 2.05) is 0 Å². The van der Waals surface area contributed by atoms with Gasteiger partial charge in [0.25, 0.3) is 0 Å². The molecule has 0 spiro atoms. The van der Waals surface area contributed by atoms with Crippen LogP contribution in [0.15, 0.2) is 0 Å². The third-order valence-electron chi connectivity index (χ3n) is 1.18. The van der Waals surface area contributed by atoms with Gasteiger partial charge in [0.2, 0.25) is 11.9 Å². The molecule has 0 aliphatic carbocycles. The van der Waals surface area contributed by atoms with Crippen LogP contribution in [0.3, 0.4) is 0 Å². The van der Waals surface area contributed by atoms with E-state index in [2.05, 4.69) is 20.5 Å². The molecule has 0 unspecified atom stereocenters. The first-order valence-electron chi connectivity index (χ1n) is 3.61. The Balaban J connectivity index is 2.44. The van der Waals surface area contributed by atoms with Gasteiger partial charge in [-0.1, -0.05) is 0 Å². The van der Waals surface area contributed by atoms with Gasteiger partial charge in [0, 0.05) is 6.54 Å². The molecule has 1 heterocycles. The molecule has 12 heavy (non-hydrogen) atoms. The van der Waals surface area contributed by atoms with Crippen LogP contribution in [0.1, 0.15) is 13.8 Å². The smallest absolute Gasteiger partial charge is 0.243 e. The molecule has 5 N–H and O–H groups in total. The zero-order valence-electron chi connectivity index (χ0n) is 7.13. The average molecular weight is 171 g/mol. The minimum atomic E-state index is -0.782. The zero-order chi connectivity index (χ0) is 9.19. The lowest BCUT2D eigenvalue weighted by molar-refractivity contribution is 0.0943. The number of aliphatic hydroxyl groups is 1. The molecule has 68 valence electrons. The Bertz CT molecular complexity index is 251. The minimum absolute atomic E-state index is 0.258. The Kier molecular flexibility index (Phi) is 2.18. The van der Waals surface area contributed by atoms with Crippen LogP contribution >= 0.6 is 0 Å². The molecule has 0 atom stereocenters. The molecule has 0 fully saturated rings. The van der Waals surface area contributed by atoms with Crippen molar-refractivity contribution in [2.45, 2.75) is 19.4 Å². The summed E-state index contributed by atoms with van der Waals surface area (Å²) in [6.07, 6.45) is 0. The highest BCUT2D eigenvalue weighted by Gasteiger charge is 2.12. The second-order valence-electron chi connectivity index (χ2n) is 3.21. The van der Waals surface area contributed by atoms with E-state index in [0.29, 0.717) is 12.5 Å². The van der Waals surface area contributed by atoms with Gasteiger partial charge in [-0.3, -0.25) is 0 Å². The summed E-state index contributed by atoms with van der Waals surface area (Å²) in [5.41, 5.74) is 4.50. The lowest BCUT2D eigenvalue weighted by atomic mass is 10.1. The minimum Gasteiger partial charge on any atom is -0.389 e. The molecule has 6 heteroatoms. The van der Waals surface area contributed by atoms with Crippen LogP contribution in [0, 0.1) is 0 Å². The molecule has 0 amide bonds. The molecule has 0 bridgehead atoms. The summed E-state index contributed by atoms with van der Waals surface area (Å²) in [5.74, 6) is 0.655. The molecule has 0 aliphatic heterocycles. The highest BCUT2D eigenvalue weighted by Crippen LogP contribution is 2.03. The van der Waals surface area contributed by atoms with E-state index >= 15 is 0 Å². The van der Waals surface area contributed by atoms with Gasteiger partial charge in [-0.05, 0) is 13.8 Å². The van der Waals surface area contributed by atoms with Crippen LogP contribution in [0.2, 0.25) is 0 Å². The summed E-state index contributed by atoms with van der Waals surface area (Å²) in [5, 5.41) is 18.4. The van der Waals surface area contributed by atoms with Crippen molar-refractivity contribution in [1.29, 1.82) is 0 Å². The van der Waals surface area contributed by atoms with E-state index in [1.165, 1.54) is 0 Å². The zero-order valence-corrected chi connectivity index (χ0v) is 7.13. The standard InChI is InChI=1S/C6H13N5O/c1-6(2,12)3-8-5-9-4(7)10-11-5/h12H,3H2,1-2H3,(H4,7,8,9,10,11). The van der Waals surface area contributed by atoms with Crippen molar-refractivity contribution < 1.29 is 5.11 Å². The van der Waals surface area contributed by atoms with Crippen molar-refractivity contribution in [3.05, 3.63) is 0 Å². The summed E-state index contributed by atoms with van der Waals surface area (Å²) < 4.78 is 0. The SMILES string of the molecule is CC(C)(O)CNc1n[nH]c(N)n1. The molecule has 1 aromatic heterocycles. The Morgan fingerprint density at radius 2 is 2.33 bits per heavy atom. The number of H-pyrrole nitrogens is 1. The molecular formula is C6H13N5O. The molecule has 0 aromatic carbocycles. The fourth-order valence-electron chi connectivity index (χ4n) is 0.649. The number of aromatic nitrogens is 3. The average Bonchev–Trinajstić information content (AvgIpc) is 2.30. The van der Waals surface area contributed by atoms with Crippen molar-refractivity contribution in [3.8, 4) is 0 Å². The molecule has 0 saturated carbocycles. The maximum Gasteiger partial charge on any atom is 0.243 e. The molecule has 0 radical (unpaired) electrons. The molecule has 1 rings (SSSR count). The highest BCUT2D eigenvalue weighted by atomic mass is 16.3. The number of anilines is 2. The lowest BCUT2D eigenvalue weighted by Gasteiger charge is -2.16. The van der Waals surface area contributed by atoms with Gasteiger partial charge in [-0.25, -0.2) is 5.10 Å². The molecule has 1 aromatic rings. The topological polar surface area (TPSA) is 99.8 Å². The normalized spacial score (nSPS) is 11.6. The predicted octanol–water partition coefficient (Wildman–Crippen LogP) is -0.430. The van der Waals surface area contributed by atoms with Crippen molar-refractivity contribution in [1.82, 2.24) is 15.2 Å². The van der Waals surface area contributed by atoms with E-state index < -0.39 is 5.60 Å². The van der Waals surface area contributed by atoms with Crippen LogP contribution in [0.5, 0.6) is 0 Å². The summed E-state index contributed by atoms with van der Waals surface area (Å²) in [6, 6.07) is 0. The van der Waals surface area contributed by atoms with Gasteiger partial charge < -0.3 is 16.2 Å². The predicted molar refractivity (Wildman–Crippen MR) is 45.6 cm³/mol. The Hall–Kier alpha value is -1.30. The van der Waals surface area contributed by atoms with Gasteiger partial charge in [-0.2, -0.15) is 4.98 Å². The number of aromatic amines is 1. The maximum atomic E-state index is 9.33. The van der Waals surface area contributed by atoms with Crippen LogP contribution in [0.4, 0.5) is 11.9 Å². The largest absolute Gasteiger partial charge is 0.389 e. The van der Waals surface area contributed by atoms with E-state index in [0.717, 1.165) is 0 Å². The summed E-state index contributed by atoms with van der Waals surface area (Å²) in [6.45, 7) is 3.76. The molecular weight excluding hydrogens is 158 g/mol. The first-order valence-corrected chi connectivity index (χ1v) is 3.61. The number of hydrogen-bond acceptors (Lipinski definition) is 5. The Morgan fingerprint density at radius 3 is 2.75 bits per heavy atom. The maximum absolute atomic E-state index is 9.33. The summed E-state index contributed by atoms with van der Waals surface area (Å²) in [7, 11) is 0. The quantitative estimate of drug-likeness (QED) is 0.494. The van der Waals surface area contributed by atoms with E-state index in [1.54, 1.807) is 13.8 Å². The first-order chi connectivity index (χ1) is 5.47. The first kappa shape index (κ1) is 8.79.